The Morgan fingerprint density at radius 3 is 2.48 bits per heavy atom. The Balaban J connectivity index is 1.67. The third-order valence-electron chi connectivity index (χ3n) is 4.37. The molecule has 3 rings (SSSR count). The van der Waals surface area contributed by atoms with E-state index in [4.69, 9.17) is 9.26 Å². The topological polar surface area (TPSA) is 78.9 Å². The van der Waals surface area contributed by atoms with Crippen molar-refractivity contribution in [2.45, 2.75) is 71.0 Å². The van der Waals surface area contributed by atoms with Crippen LogP contribution in [0.5, 0.6) is 5.75 Å². The number of hydrogen-bond donors (Lipinski definition) is 0. The molecule has 0 bridgehead atoms. The van der Waals surface area contributed by atoms with Gasteiger partial charge in [0.05, 0.1) is 5.75 Å². The van der Waals surface area contributed by atoms with Gasteiger partial charge in [0.25, 0.3) is 0 Å². The van der Waals surface area contributed by atoms with Gasteiger partial charge in [-0.2, -0.15) is 4.98 Å². The number of thioether (sulfide) groups is 1. The van der Waals surface area contributed by atoms with Crippen molar-refractivity contribution in [2.75, 3.05) is 0 Å². The quantitative estimate of drug-likeness (QED) is 0.437. The average molecular weight is 416 g/mol. The summed E-state index contributed by atoms with van der Waals surface area (Å²) in [6.45, 7) is 11.8. The molecule has 0 spiro atoms. The largest absolute Gasteiger partial charge is 0.486 e. The van der Waals surface area contributed by atoms with Gasteiger partial charge in [0.2, 0.25) is 5.89 Å². The molecular weight excluding hydrogens is 386 g/mol. The number of benzene rings is 1. The number of ether oxygens (including phenoxy) is 1. The summed E-state index contributed by atoms with van der Waals surface area (Å²) in [5.41, 5.74) is 1.29. The van der Waals surface area contributed by atoms with Crippen LogP contribution in [0.2, 0.25) is 0 Å². The normalized spacial score (nSPS) is 11.6. The van der Waals surface area contributed by atoms with Gasteiger partial charge in [0.15, 0.2) is 16.8 Å². The molecule has 0 N–H and O–H groups in total. The highest BCUT2D eigenvalue weighted by Crippen LogP contribution is 2.24. The van der Waals surface area contributed by atoms with Crippen LogP contribution < -0.4 is 4.74 Å². The molecule has 0 atom stereocenters. The summed E-state index contributed by atoms with van der Waals surface area (Å²) < 4.78 is 13.4. The third-order valence-corrected chi connectivity index (χ3v) is 5.32. The Morgan fingerprint density at radius 1 is 1.10 bits per heavy atom. The van der Waals surface area contributed by atoms with Gasteiger partial charge in [-0.3, -0.25) is 0 Å². The Hall–Kier alpha value is -2.35. The molecule has 3 aromatic rings. The first kappa shape index (κ1) is 21.4. The van der Waals surface area contributed by atoms with E-state index in [1.165, 1.54) is 5.56 Å². The van der Waals surface area contributed by atoms with E-state index in [-0.39, 0.29) is 5.92 Å². The molecule has 0 amide bonds. The zero-order chi connectivity index (χ0) is 20.8. The van der Waals surface area contributed by atoms with Gasteiger partial charge in [-0.1, -0.05) is 63.7 Å². The average Bonchev–Trinajstić information content (AvgIpc) is 3.32. The smallest absolute Gasteiger partial charge is 0.237 e. The second-order valence-corrected chi connectivity index (χ2v) is 8.62. The van der Waals surface area contributed by atoms with E-state index >= 15 is 0 Å². The summed E-state index contributed by atoms with van der Waals surface area (Å²) in [6.07, 6.45) is 1.02. The van der Waals surface area contributed by atoms with E-state index in [1.54, 1.807) is 11.8 Å². The van der Waals surface area contributed by atoms with E-state index in [2.05, 4.69) is 57.8 Å². The number of rotatable bonds is 10. The summed E-state index contributed by atoms with van der Waals surface area (Å²) in [7, 11) is 0. The number of hydrogen-bond acceptors (Lipinski definition) is 7. The molecule has 8 heteroatoms. The maximum absolute atomic E-state index is 5.95. The van der Waals surface area contributed by atoms with Crippen molar-refractivity contribution >= 4 is 11.8 Å². The zero-order valence-electron chi connectivity index (χ0n) is 17.8. The van der Waals surface area contributed by atoms with Crippen LogP contribution in [0.4, 0.5) is 0 Å². The molecule has 0 saturated carbocycles. The standard InChI is InChI=1S/C21H29N5O2S/c1-6-16-7-9-17(10-8-16)27-12-18-23-24-21(26(18)11-14(2)3)29-13-19-22-20(15(4)5)25-28-19/h7-10,14-15H,6,11-13H2,1-5H3. The molecule has 29 heavy (non-hydrogen) atoms. The molecule has 0 radical (unpaired) electrons. The van der Waals surface area contributed by atoms with Gasteiger partial charge in [-0.05, 0) is 30.0 Å². The molecule has 0 aliphatic heterocycles. The SMILES string of the molecule is CCc1ccc(OCc2nnc(SCc3nc(C(C)C)no3)n2CC(C)C)cc1. The Bertz CT molecular complexity index is 902. The van der Waals surface area contributed by atoms with E-state index in [0.717, 1.165) is 35.5 Å². The van der Waals surface area contributed by atoms with E-state index in [0.29, 0.717) is 24.2 Å². The lowest BCUT2D eigenvalue weighted by Crippen LogP contribution is -2.12. The van der Waals surface area contributed by atoms with Gasteiger partial charge >= 0.3 is 0 Å². The minimum Gasteiger partial charge on any atom is -0.486 e. The Kier molecular flexibility index (Phi) is 7.30. The van der Waals surface area contributed by atoms with Crippen molar-refractivity contribution in [3.8, 4) is 5.75 Å². The van der Waals surface area contributed by atoms with Crippen molar-refractivity contribution in [1.82, 2.24) is 24.9 Å². The summed E-state index contributed by atoms with van der Waals surface area (Å²) in [5.74, 6) is 4.26. The molecule has 156 valence electrons. The maximum atomic E-state index is 5.95. The van der Waals surface area contributed by atoms with Crippen molar-refractivity contribution < 1.29 is 9.26 Å². The first-order chi connectivity index (χ1) is 14.0. The van der Waals surface area contributed by atoms with Crippen LogP contribution >= 0.6 is 11.8 Å². The van der Waals surface area contributed by atoms with Crippen molar-refractivity contribution in [3.05, 3.63) is 47.4 Å². The van der Waals surface area contributed by atoms with Gasteiger partial charge in [-0.15, -0.1) is 10.2 Å². The lowest BCUT2D eigenvalue weighted by atomic mass is 10.2. The van der Waals surface area contributed by atoms with Crippen molar-refractivity contribution in [2.24, 2.45) is 5.92 Å². The molecule has 0 saturated heterocycles. The van der Waals surface area contributed by atoms with Gasteiger partial charge < -0.3 is 13.8 Å². The van der Waals surface area contributed by atoms with Gasteiger partial charge in [-0.25, -0.2) is 0 Å². The number of nitrogens with zero attached hydrogens (tertiary/aromatic N) is 5. The predicted molar refractivity (Wildman–Crippen MR) is 113 cm³/mol. The van der Waals surface area contributed by atoms with E-state index < -0.39 is 0 Å². The molecular formula is C21H29N5O2S. The summed E-state index contributed by atoms with van der Waals surface area (Å²) in [5, 5.41) is 13.6. The van der Waals surface area contributed by atoms with Crippen LogP contribution in [0.15, 0.2) is 33.9 Å². The highest BCUT2D eigenvalue weighted by Gasteiger charge is 2.17. The van der Waals surface area contributed by atoms with Crippen LogP contribution in [0.1, 0.15) is 63.6 Å². The van der Waals surface area contributed by atoms with Crippen molar-refractivity contribution in [3.63, 3.8) is 0 Å². The predicted octanol–water partition coefficient (Wildman–Crippen LogP) is 4.87. The molecule has 0 unspecified atom stereocenters. The monoisotopic (exact) mass is 415 g/mol. The first-order valence-corrected chi connectivity index (χ1v) is 11.0. The highest BCUT2D eigenvalue weighted by molar-refractivity contribution is 7.98. The van der Waals surface area contributed by atoms with Crippen molar-refractivity contribution in [1.29, 1.82) is 0 Å². The van der Waals surface area contributed by atoms with Gasteiger partial charge in [0, 0.05) is 12.5 Å². The molecule has 7 nitrogen and oxygen atoms in total. The van der Waals surface area contributed by atoms with E-state index in [1.807, 2.05) is 26.0 Å². The third kappa shape index (κ3) is 5.82. The lowest BCUT2D eigenvalue weighted by Gasteiger charge is -2.13. The van der Waals surface area contributed by atoms with Crippen LogP contribution in [0, 0.1) is 5.92 Å². The second kappa shape index (κ2) is 9.91. The van der Waals surface area contributed by atoms with E-state index in [9.17, 15) is 0 Å². The zero-order valence-corrected chi connectivity index (χ0v) is 18.6. The van der Waals surface area contributed by atoms with Crippen LogP contribution in [0.25, 0.3) is 0 Å². The molecule has 0 aliphatic carbocycles. The van der Waals surface area contributed by atoms with Crippen LogP contribution in [0.3, 0.4) is 0 Å². The second-order valence-electron chi connectivity index (χ2n) is 7.68. The molecule has 0 fully saturated rings. The van der Waals surface area contributed by atoms with Crippen LogP contribution in [-0.2, 0) is 25.3 Å². The minimum atomic E-state index is 0.247. The molecule has 0 aliphatic rings. The molecule has 1 aromatic carbocycles. The summed E-state index contributed by atoms with van der Waals surface area (Å²) in [6, 6.07) is 8.18. The highest BCUT2D eigenvalue weighted by atomic mass is 32.2. The lowest BCUT2D eigenvalue weighted by molar-refractivity contribution is 0.284. The fraction of sp³-hybridized carbons (Fsp3) is 0.524. The minimum absolute atomic E-state index is 0.247. The summed E-state index contributed by atoms with van der Waals surface area (Å²) >= 11 is 1.55. The first-order valence-electron chi connectivity index (χ1n) is 10.0. The fourth-order valence-corrected chi connectivity index (χ4v) is 3.54. The Labute approximate surface area is 176 Å². The molecule has 2 heterocycles. The number of aromatic nitrogens is 5. The Morgan fingerprint density at radius 2 is 1.86 bits per heavy atom. The fourth-order valence-electron chi connectivity index (χ4n) is 2.74. The summed E-state index contributed by atoms with van der Waals surface area (Å²) in [4.78, 5) is 4.43. The van der Waals surface area contributed by atoms with Crippen LogP contribution in [-0.4, -0.2) is 24.9 Å². The number of aryl methyl sites for hydroxylation is 1. The van der Waals surface area contributed by atoms with Gasteiger partial charge in [0.1, 0.15) is 12.4 Å². The maximum Gasteiger partial charge on any atom is 0.237 e. The molecule has 2 aromatic heterocycles.